The summed E-state index contributed by atoms with van der Waals surface area (Å²) in [5.41, 5.74) is -0.0874. The Morgan fingerprint density at radius 3 is 1.76 bits per heavy atom. The third kappa shape index (κ3) is 6.15. The molecule has 2 aliphatic heterocycles. The summed E-state index contributed by atoms with van der Waals surface area (Å²) in [5, 5.41) is 59.7. The lowest BCUT2D eigenvalue weighted by atomic mass is 9.96. The zero-order valence-electron chi connectivity index (χ0n) is 18.1. The Morgan fingerprint density at radius 1 is 0.758 bits per heavy atom. The van der Waals surface area contributed by atoms with Crippen LogP contribution in [-0.4, -0.2) is 117 Å². The number of hydrogen-bond donors (Lipinski definition) is 6. The molecule has 0 unspecified atom stereocenters. The fraction of sp³-hybridized carbons (Fsp3) is 0.700. The third-order valence-electron chi connectivity index (χ3n) is 5.11. The van der Waals surface area contributed by atoms with Crippen LogP contribution < -0.4 is 0 Å². The van der Waals surface area contributed by atoms with E-state index >= 15 is 0 Å². The Morgan fingerprint density at radius 2 is 1.27 bits per heavy atom. The number of aliphatic hydroxyl groups excluding tert-OH is 6. The molecule has 0 aromatic heterocycles. The van der Waals surface area contributed by atoms with Gasteiger partial charge in [-0.1, -0.05) is 13.2 Å². The van der Waals surface area contributed by atoms with Gasteiger partial charge in [-0.2, -0.15) is 0 Å². The molecule has 0 bridgehead atoms. The molecule has 0 amide bonds. The van der Waals surface area contributed by atoms with E-state index in [4.69, 9.17) is 23.7 Å². The van der Waals surface area contributed by atoms with Gasteiger partial charge in [0.15, 0.2) is 24.8 Å². The standard InChI is InChI=1S/C20H30O13/c1-7(2)17(26)31-15-11(23)9(5-21)30-20(16(15)32-18(27)8(3)4)33-14-10(6-22)29-19(28)13(25)12(14)24/h9-16,19-25,28H,1,3,5-6H2,2,4H3/t9-,10-,11-,12-,13-,14-,15+,16-,19-,20-/m1/s1. The van der Waals surface area contributed by atoms with Gasteiger partial charge in [0.2, 0.25) is 0 Å². The summed E-state index contributed by atoms with van der Waals surface area (Å²) in [6.07, 6.45) is -16.3. The molecule has 0 aliphatic carbocycles. The quantitative estimate of drug-likeness (QED) is 0.151. The molecule has 2 fully saturated rings. The van der Waals surface area contributed by atoms with Crippen molar-refractivity contribution in [1.82, 2.24) is 0 Å². The number of hydrogen-bond acceptors (Lipinski definition) is 13. The summed E-state index contributed by atoms with van der Waals surface area (Å²) in [4.78, 5) is 24.4. The van der Waals surface area contributed by atoms with E-state index in [2.05, 4.69) is 13.2 Å². The average molecular weight is 478 g/mol. The second-order valence-electron chi connectivity index (χ2n) is 7.85. The summed E-state index contributed by atoms with van der Waals surface area (Å²) in [6, 6.07) is 0. The Bertz CT molecular complexity index is 737. The fourth-order valence-corrected chi connectivity index (χ4v) is 3.25. The minimum Gasteiger partial charge on any atom is -0.452 e. The van der Waals surface area contributed by atoms with Crippen molar-refractivity contribution in [3.63, 3.8) is 0 Å². The first-order valence-electron chi connectivity index (χ1n) is 10.1. The van der Waals surface area contributed by atoms with Crippen molar-refractivity contribution in [1.29, 1.82) is 0 Å². The van der Waals surface area contributed by atoms with Crippen molar-refractivity contribution in [2.24, 2.45) is 0 Å². The predicted molar refractivity (Wildman–Crippen MR) is 106 cm³/mol. The summed E-state index contributed by atoms with van der Waals surface area (Å²) in [7, 11) is 0. The van der Waals surface area contributed by atoms with Crippen LogP contribution in [0.5, 0.6) is 0 Å². The molecule has 33 heavy (non-hydrogen) atoms. The Labute approximate surface area is 189 Å². The lowest BCUT2D eigenvalue weighted by Crippen LogP contribution is -2.65. The topological polar surface area (TPSA) is 202 Å². The summed E-state index contributed by atoms with van der Waals surface area (Å²) < 4.78 is 26.7. The van der Waals surface area contributed by atoms with Crippen LogP contribution in [0.25, 0.3) is 0 Å². The van der Waals surface area contributed by atoms with Gasteiger partial charge in [-0.25, -0.2) is 9.59 Å². The molecule has 0 aromatic rings. The van der Waals surface area contributed by atoms with E-state index in [1.165, 1.54) is 13.8 Å². The van der Waals surface area contributed by atoms with Crippen LogP contribution in [0.1, 0.15) is 13.8 Å². The monoisotopic (exact) mass is 478 g/mol. The first-order chi connectivity index (χ1) is 15.4. The molecule has 0 radical (unpaired) electrons. The number of carbonyl (C=O) groups is 2. The molecule has 2 heterocycles. The molecule has 13 nitrogen and oxygen atoms in total. The molecule has 13 heteroatoms. The van der Waals surface area contributed by atoms with Crippen molar-refractivity contribution in [3.8, 4) is 0 Å². The molecule has 6 N–H and O–H groups in total. The van der Waals surface area contributed by atoms with Crippen molar-refractivity contribution in [2.75, 3.05) is 13.2 Å². The first kappa shape index (κ1) is 27.3. The fourth-order valence-electron chi connectivity index (χ4n) is 3.25. The number of esters is 2. The second kappa shape index (κ2) is 11.5. The SMILES string of the molecule is C=C(C)C(=O)O[C@H]1[C@@H](O[C@H]2[C@H](O)[C@@H](O)[C@H](O)O[C@@H]2CO)O[C@H](CO)[C@@H](O)[C@@H]1OC(=O)C(=C)C. The van der Waals surface area contributed by atoms with Crippen LogP contribution in [-0.2, 0) is 33.3 Å². The van der Waals surface area contributed by atoms with E-state index in [1.807, 2.05) is 0 Å². The minimum atomic E-state index is -1.82. The molecule has 2 rings (SSSR count). The van der Waals surface area contributed by atoms with Gasteiger partial charge in [0.1, 0.15) is 36.6 Å². The summed E-state index contributed by atoms with van der Waals surface area (Å²) >= 11 is 0. The van der Waals surface area contributed by atoms with Gasteiger partial charge in [0.05, 0.1) is 13.2 Å². The molecule has 0 saturated carbocycles. The van der Waals surface area contributed by atoms with Gasteiger partial charge < -0.3 is 54.3 Å². The van der Waals surface area contributed by atoms with E-state index in [0.717, 1.165) is 0 Å². The lowest BCUT2D eigenvalue weighted by Gasteiger charge is -2.46. The van der Waals surface area contributed by atoms with Crippen LogP contribution >= 0.6 is 0 Å². The number of rotatable bonds is 8. The van der Waals surface area contributed by atoms with Gasteiger partial charge >= 0.3 is 11.9 Å². The molecule has 0 aromatic carbocycles. The van der Waals surface area contributed by atoms with E-state index in [9.17, 15) is 40.2 Å². The number of carbonyl (C=O) groups excluding carboxylic acids is 2. The zero-order chi connectivity index (χ0) is 25.0. The summed E-state index contributed by atoms with van der Waals surface area (Å²) in [5.74, 6) is -1.90. The molecule has 2 aliphatic rings. The lowest BCUT2D eigenvalue weighted by molar-refractivity contribution is -0.355. The van der Waals surface area contributed by atoms with E-state index in [1.54, 1.807) is 0 Å². The van der Waals surface area contributed by atoms with Gasteiger partial charge in [-0.05, 0) is 13.8 Å². The number of ether oxygens (including phenoxy) is 5. The van der Waals surface area contributed by atoms with Crippen LogP contribution in [0.15, 0.2) is 24.3 Å². The Hall–Kier alpha value is -1.94. The van der Waals surface area contributed by atoms with E-state index in [-0.39, 0.29) is 11.1 Å². The van der Waals surface area contributed by atoms with Gasteiger partial charge in [-0.3, -0.25) is 0 Å². The largest absolute Gasteiger partial charge is 0.452 e. The summed E-state index contributed by atoms with van der Waals surface area (Å²) in [6.45, 7) is 8.04. The van der Waals surface area contributed by atoms with E-state index in [0.29, 0.717) is 0 Å². The molecule has 188 valence electrons. The molecule has 10 atom stereocenters. The van der Waals surface area contributed by atoms with Gasteiger partial charge in [-0.15, -0.1) is 0 Å². The number of aliphatic hydroxyl groups is 6. The second-order valence-corrected chi connectivity index (χ2v) is 7.85. The van der Waals surface area contributed by atoms with Crippen molar-refractivity contribution in [2.45, 2.75) is 75.3 Å². The molecule has 0 spiro atoms. The minimum absolute atomic E-state index is 0.0368. The highest BCUT2D eigenvalue weighted by atomic mass is 16.7. The average Bonchev–Trinajstić information content (AvgIpc) is 2.77. The maximum Gasteiger partial charge on any atom is 0.333 e. The molecular formula is C20H30O13. The Kier molecular flexibility index (Phi) is 9.48. The van der Waals surface area contributed by atoms with Crippen molar-refractivity contribution >= 4 is 11.9 Å². The van der Waals surface area contributed by atoms with E-state index < -0.39 is 86.6 Å². The highest BCUT2D eigenvalue weighted by Gasteiger charge is 2.53. The molecule has 2 saturated heterocycles. The first-order valence-corrected chi connectivity index (χ1v) is 10.1. The van der Waals surface area contributed by atoms with Gasteiger partial charge in [0.25, 0.3) is 0 Å². The van der Waals surface area contributed by atoms with Crippen LogP contribution in [0.3, 0.4) is 0 Å². The molecular weight excluding hydrogens is 448 g/mol. The maximum atomic E-state index is 12.2. The maximum absolute atomic E-state index is 12.2. The highest BCUT2D eigenvalue weighted by molar-refractivity contribution is 5.88. The van der Waals surface area contributed by atoms with Crippen LogP contribution in [0.2, 0.25) is 0 Å². The smallest absolute Gasteiger partial charge is 0.333 e. The van der Waals surface area contributed by atoms with Crippen LogP contribution in [0, 0.1) is 0 Å². The van der Waals surface area contributed by atoms with Gasteiger partial charge in [0, 0.05) is 11.1 Å². The van der Waals surface area contributed by atoms with Crippen molar-refractivity contribution < 1.29 is 63.9 Å². The Balaban J connectivity index is 2.41. The predicted octanol–water partition coefficient (Wildman–Crippen LogP) is -3.14. The normalized spacial score (nSPS) is 38.9. The highest BCUT2D eigenvalue weighted by Crippen LogP contribution is 2.32. The van der Waals surface area contributed by atoms with Crippen LogP contribution in [0.4, 0.5) is 0 Å². The third-order valence-corrected chi connectivity index (χ3v) is 5.11. The zero-order valence-corrected chi connectivity index (χ0v) is 18.1. The van der Waals surface area contributed by atoms with Crippen molar-refractivity contribution in [3.05, 3.63) is 24.3 Å².